The normalized spacial score (nSPS) is 13.8. The second-order valence-electron chi connectivity index (χ2n) is 9.06. The van der Waals surface area contributed by atoms with Crippen LogP contribution in [-0.4, -0.2) is 45.4 Å². The number of para-hydroxylation sites is 2. The fraction of sp³-hybridized carbons (Fsp3) is 0.167. The van der Waals surface area contributed by atoms with E-state index in [1.807, 2.05) is 35.2 Å². The minimum Gasteiger partial charge on any atom is -0.366 e. The van der Waals surface area contributed by atoms with Gasteiger partial charge in [0.25, 0.3) is 15.9 Å². The Labute approximate surface area is 222 Å². The summed E-state index contributed by atoms with van der Waals surface area (Å²) < 4.78 is 43.3. The first-order valence-electron chi connectivity index (χ1n) is 12.4. The first kappa shape index (κ1) is 25.5. The van der Waals surface area contributed by atoms with Gasteiger partial charge in [-0.15, -0.1) is 0 Å². The third-order valence-corrected chi connectivity index (χ3v) is 8.44. The zero-order valence-corrected chi connectivity index (χ0v) is 21.6. The maximum Gasteiger partial charge on any atom is 0.264 e. The minimum absolute atomic E-state index is 0.0728. The fourth-order valence-corrected chi connectivity index (χ4v) is 6.16. The lowest BCUT2D eigenvalue weighted by atomic mass is 10.1. The Hall–Kier alpha value is -4.17. The van der Waals surface area contributed by atoms with Gasteiger partial charge in [0.1, 0.15) is 5.82 Å². The molecule has 1 amide bonds. The van der Waals surface area contributed by atoms with Gasteiger partial charge in [-0.05, 0) is 42.0 Å². The third kappa shape index (κ3) is 5.26. The number of carbonyl (C=O) groups is 1. The van der Waals surface area contributed by atoms with E-state index in [0.29, 0.717) is 43.1 Å². The average molecular weight is 530 g/mol. The maximum atomic E-state index is 14.3. The Morgan fingerprint density at radius 2 is 1.32 bits per heavy atom. The highest BCUT2D eigenvalue weighted by Crippen LogP contribution is 2.30. The molecule has 1 heterocycles. The molecular formula is C30H28FN3O3S. The van der Waals surface area contributed by atoms with Crippen molar-refractivity contribution in [2.75, 3.05) is 35.4 Å². The van der Waals surface area contributed by atoms with Gasteiger partial charge in [-0.1, -0.05) is 72.8 Å². The van der Waals surface area contributed by atoms with Gasteiger partial charge in [-0.2, -0.15) is 0 Å². The molecule has 38 heavy (non-hydrogen) atoms. The summed E-state index contributed by atoms with van der Waals surface area (Å²) in [5.41, 5.74) is 1.94. The van der Waals surface area contributed by atoms with Crippen LogP contribution in [0, 0.1) is 5.82 Å². The van der Waals surface area contributed by atoms with E-state index in [2.05, 4.69) is 0 Å². The third-order valence-electron chi connectivity index (χ3n) is 6.66. The Balaban J connectivity index is 1.46. The molecule has 0 bridgehead atoms. The topological polar surface area (TPSA) is 60.9 Å². The standard InChI is InChI=1S/C30H28FN3O3S/c31-27-16-8-10-18-29(27)32-19-21-33(22-20-32)30(35)26-15-7-9-17-28(26)34(23-24-11-3-1-4-12-24)38(36,37)25-13-5-2-6-14-25/h1-18H,19-23H2. The van der Waals surface area contributed by atoms with Crippen LogP contribution in [0.15, 0.2) is 114 Å². The molecule has 4 aromatic carbocycles. The Kier molecular flexibility index (Phi) is 7.42. The first-order valence-corrected chi connectivity index (χ1v) is 13.9. The van der Waals surface area contributed by atoms with Gasteiger partial charge >= 0.3 is 0 Å². The van der Waals surface area contributed by atoms with Crippen molar-refractivity contribution in [2.24, 2.45) is 0 Å². The Morgan fingerprint density at radius 3 is 2.00 bits per heavy atom. The lowest BCUT2D eigenvalue weighted by Gasteiger charge is -2.37. The second kappa shape index (κ2) is 11.1. The number of anilines is 2. The maximum absolute atomic E-state index is 14.3. The van der Waals surface area contributed by atoms with Gasteiger partial charge in [-0.25, -0.2) is 12.8 Å². The van der Waals surface area contributed by atoms with Crippen LogP contribution in [0.2, 0.25) is 0 Å². The van der Waals surface area contributed by atoms with Gasteiger partial charge in [0.15, 0.2) is 0 Å². The number of carbonyl (C=O) groups excluding carboxylic acids is 1. The van der Waals surface area contributed by atoms with Crippen LogP contribution in [0.3, 0.4) is 0 Å². The van der Waals surface area contributed by atoms with Crippen molar-refractivity contribution >= 4 is 27.3 Å². The van der Waals surface area contributed by atoms with E-state index in [9.17, 15) is 17.6 Å². The summed E-state index contributed by atoms with van der Waals surface area (Å²) in [6.45, 7) is 1.82. The van der Waals surface area contributed by atoms with Gasteiger partial charge in [0.05, 0.1) is 28.4 Å². The number of halogens is 1. The molecule has 0 spiro atoms. The molecule has 8 heteroatoms. The van der Waals surface area contributed by atoms with Crippen LogP contribution in [0.5, 0.6) is 0 Å². The largest absolute Gasteiger partial charge is 0.366 e. The monoisotopic (exact) mass is 529 g/mol. The Morgan fingerprint density at radius 1 is 0.737 bits per heavy atom. The van der Waals surface area contributed by atoms with Crippen molar-refractivity contribution in [3.63, 3.8) is 0 Å². The Bertz CT molecular complexity index is 1510. The minimum atomic E-state index is -3.98. The summed E-state index contributed by atoms with van der Waals surface area (Å²) in [7, 11) is -3.98. The highest BCUT2D eigenvalue weighted by Gasteiger charge is 2.31. The number of nitrogens with zero attached hydrogens (tertiary/aromatic N) is 3. The van der Waals surface area contributed by atoms with E-state index >= 15 is 0 Å². The molecule has 194 valence electrons. The van der Waals surface area contributed by atoms with E-state index in [-0.39, 0.29) is 23.2 Å². The number of amides is 1. The van der Waals surface area contributed by atoms with Crippen LogP contribution < -0.4 is 9.21 Å². The van der Waals surface area contributed by atoms with Crippen molar-refractivity contribution in [2.45, 2.75) is 11.4 Å². The molecule has 0 atom stereocenters. The quantitative estimate of drug-likeness (QED) is 0.331. The number of rotatable bonds is 7. The van der Waals surface area contributed by atoms with Gasteiger partial charge < -0.3 is 9.80 Å². The smallest absolute Gasteiger partial charge is 0.264 e. The number of sulfonamides is 1. The molecule has 4 aromatic rings. The van der Waals surface area contributed by atoms with Crippen LogP contribution in [0.1, 0.15) is 15.9 Å². The molecule has 0 aliphatic carbocycles. The molecule has 1 fully saturated rings. The van der Waals surface area contributed by atoms with Crippen molar-refractivity contribution < 1.29 is 17.6 Å². The van der Waals surface area contributed by atoms with Crippen LogP contribution >= 0.6 is 0 Å². The van der Waals surface area contributed by atoms with E-state index in [1.54, 1.807) is 77.7 Å². The number of hydrogen-bond donors (Lipinski definition) is 0. The van der Waals surface area contributed by atoms with E-state index < -0.39 is 10.0 Å². The molecule has 0 radical (unpaired) electrons. The fourth-order valence-electron chi connectivity index (χ4n) is 4.67. The predicted molar refractivity (Wildman–Crippen MR) is 147 cm³/mol. The lowest BCUT2D eigenvalue weighted by molar-refractivity contribution is 0.0747. The molecule has 0 saturated carbocycles. The van der Waals surface area contributed by atoms with Crippen molar-refractivity contribution in [3.8, 4) is 0 Å². The lowest BCUT2D eigenvalue weighted by Crippen LogP contribution is -2.49. The van der Waals surface area contributed by atoms with Crippen LogP contribution in [0.4, 0.5) is 15.8 Å². The van der Waals surface area contributed by atoms with Crippen molar-refractivity contribution in [3.05, 3.63) is 126 Å². The molecule has 1 aliphatic rings. The highest BCUT2D eigenvalue weighted by molar-refractivity contribution is 7.92. The van der Waals surface area contributed by atoms with E-state index in [1.165, 1.54) is 10.4 Å². The average Bonchev–Trinajstić information content (AvgIpc) is 2.97. The van der Waals surface area contributed by atoms with Gasteiger partial charge in [0, 0.05) is 26.2 Å². The summed E-state index contributed by atoms with van der Waals surface area (Å²) in [6, 6.07) is 31.0. The van der Waals surface area contributed by atoms with Crippen molar-refractivity contribution in [1.29, 1.82) is 0 Å². The summed E-state index contributed by atoms with van der Waals surface area (Å²) in [5, 5.41) is 0. The van der Waals surface area contributed by atoms with Gasteiger partial charge in [0.2, 0.25) is 0 Å². The molecule has 6 nitrogen and oxygen atoms in total. The SMILES string of the molecule is O=C(c1ccccc1N(Cc1ccccc1)S(=O)(=O)c1ccccc1)N1CCN(c2ccccc2F)CC1. The van der Waals surface area contributed by atoms with E-state index in [0.717, 1.165) is 5.56 Å². The summed E-state index contributed by atoms with van der Waals surface area (Å²) in [5.74, 6) is -0.546. The zero-order chi connectivity index (χ0) is 26.5. The summed E-state index contributed by atoms with van der Waals surface area (Å²) in [4.78, 5) is 17.5. The first-order chi connectivity index (χ1) is 18.4. The molecule has 5 rings (SSSR count). The molecule has 0 aromatic heterocycles. The number of benzene rings is 4. The number of piperazine rings is 1. The molecule has 1 saturated heterocycles. The van der Waals surface area contributed by atoms with Gasteiger partial charge in [-0.3, -0.25) is 9.10 Å². The van der Waals surface area contributed by atoms with E-state index in [4.69, 9.17) is 0 Å². The van der Waals surface area contributed by atoms with Crippen LogP contribution in [-0.2, 0) is 16.6 Å². The zero-order valence-electron chi connectivity index (χ0n) is 20.8. The summed E-state index contributed by atoms with van der Waals surface area (Å²) in [6.07, 6.45) is 0. The summed E-state index contributed by atoms with van der Waals surface area (Å²) >= 11 is 0. The predicted octanol–water partition coefficient (Wildman–Crippen LogP) is 5.18. The molecule has 0 N–H and O–H groups in total. The van der Waals surface area contributed by atoms with Crippen LogP contribution in [0.25, 0.3) is 0 Å². The molecular weight excluding hydrogens is 501 g/mol. The molecule has 0 unspecified atom stereocenters. The highest BCUT2D eigenvalue weighted by atomic mass is 32.2. The second-order valence-corrected chi connectivity index (χ2v) is 10.9. The number of hydrogen-bond acceptors (Lipinski definition) is 4. The molecule has 1 aliphatic heterocycles. The van der Waals surface area contributed by atoms with Crippen molar-refractivity contribution in [1.82, 2.24) is 4.90 Å².